The summed E-state index contributed by atoms with van der Waals surface area (Å²) >= 11 is 0. The number of benzene rings is 1. The zero-order chi connectivity index (χ0) is 13.1. The molecule has 96 valence electrons. The van der Waals surface area contributed by atoms with Crippen molar-refractivity contribution >= 4 is 13.0 Å². The highest BCUT2D eigenvalue weighted by molar-refractivity contribution is 6.34. The average Bonchev–Trinajstić information content (AvgIpc) is 2.38. The van der Waals surface area contributed by atoms with E-state index in [0.29, 0.717) is 6.42 Å². The summed E-state index contributed by atoms with van der Waals surface area (Å²) in [6.45, 7) is 1.97. The van der Waals surface area contributed by atoms with E-state index in [-0.39, 0.29) is 17.9 Å². The van der Waals surface area contributed by atoms with Gasteiger partial charge >= 0.3 is 7.32 Å². The molecule has 0 unspecified atom stereocenters. The molecule has 1 fully saturated rings. The van der Waals surface area contributed by atoms with Crippen LogP contribution in [0, 0.1) is 10.1 Å². The highest BCUT2D eigenvalue weighted by atomic mass is 16.7. The first-order chi connectivity index (χ1) is 8.60. The number of rotatable bonds is 3. The van der Waals surface area contributed by atoms with Crippen molar-refractivity contribution in [2.75, 3.05) is 0 Å². The van der Waals surface area contributed by atoms with Crippen LogP contribution in [0.15, 0.2) is 24.3 Å². The van der Waals surface area contributed by atoms with Crippen LogP contribution in [0.2, 0.25) is 0 Å². The van der Waals surface area contributed by atoms with Gasteiger partial charge in [-0.15, -0.1) is 0 Å². The Morgan fingerprint density at radius 2 is 2.11 bits per heavy atom. The quantitative estimate of drug-likeness (QED) is 0.503. The molecule has 1 aromatic carbocycles. The topological polar surface area (TPSA) is 81.8 Å². The van der Waals surface area contributed by atoms with E-state index in [2.05, 4.69) is 0 Å². The van der Waals surface area contributed by atoms with Crippen LogP contribution >= 0.6 is 0 Å². The molecule has 0 saturated carbocycles. The molecule has 0 spiro atoms. The molecule has 0 amide bonds. The van der Waals surface area contributed by atoms with Gasteiger partial charge in [0.05, 0.1) is 11.0 Å². The summed E-state index contributed by atoms with van der Waals surface area (Å²) < 4.78 is 10.4. The normalized spacial score (nSPS) is 24.0. The van der Waals surface area contributed by atoms with Gasteiger partial charge in [-0.1, -0.05) is 6.92 Å². The molecule has 0 aromatic heterocycles. The van der Waals surface area contributed by atoms with E-state index in [4.69, 9.17) is 9.31 Å². The van der Waals surface area contributed by atoms with Crippen LogP contribution in [-0.2, 0) is 9.31 Å². The van der Waals surface area contributed by atoms with Crippen molar-refractivity contribution in [3.63, 3.8) is 0 Å². The maximum atomic E-state index is 10.6. The zero-order valence-electron chi connectivity index (χ0n) is 9.98. The fraction of sp³-hybridized carbons (Fsp3) is 0.455. The smallest absolute Gasteiger partial charge is 0.402 e. The van der Waals surface area contributed by atoms with E-state index in [1.807, 2.05) is 6.92 Å². The number of nitrogens with zero attached hydrogens (tertiary/aromatic N) is 1. The van der Waals surface area contributed by atoms with Gasteiger partial charge in [-0.05, 0) is 24.1 Å². The molecule has 1 heterocycles. The fourth-order valence-electron chi connectivity index (χ4n) is 1.98. The van der Waals surface area contributed by atoms with Gasteiger partial charge in [0.25, 0.3) is 5.69 Å². The minimum Gasteiger partial charge on any atom is -0.402 e. The van der Waals surface area contributed by atoms with E-state index in [1.165, 1.54) is 12.1 Å². The Balaban J connectivity index is 2.12. The molecule has 2 atom stereocenters. The van der Waals surface area contributed by atoms with Crippen molar-refractivity contribution in [1.29, 1.82) is 0 Å². The Kier molecular flexibility index (Phi) is 3.95. The molecule has 1 aliphatic heterocycles. The van der Waals surface area contributed by atoms with Crippen LogP contribution in [0.1, 0.15) is 31.4 Å². The summed E-state index contributed by atoms with van der Waals surface area (Å²) in [7, 11) is -1.23. The van der Waals surface area contributed by atoms with Gasteiger partial charge < -0.3 is 14.3 Å². The molecule has 1 saturated heterocycles. The summed E-state index contributed by atoms with van der Waals surface area (Å²) in [5, 5.41) is 20.0. The van der Waals surface area contributed by atoms with Gasteiger partial charge in [0.15, 0.2) is 0 Å². The Labute approximate surface area is 105 Å². The summed E-state index contributed by atoms with van der Waals surface area (Å²) in [6.07, 6.45) is 1.06. The lowest BCUT2D eigenvalue weighted by atomic mass is 9.96. The van der Waals surface area contributed by atoms with Crippen LogP contribution in [0.4, 0.5) is 5.69 Å². The largest absolute Gasteiger partial charge is 0.637 e. The van der Waals surface area contributed by atoms with E-state index in [0.717, 1.165) is 12.0 Å². The summed E-state index contributed by atoms with van der Waals surface area (Å²) in [4.78, 5) is 10.1. The SMILES string of the molecule is CC[C@@H]1C[C@H](c2ccc([N+](=O)[O-])cc2)OB(O)O1. The highest BCUT2D eigenvalue weighted by Crippen LogP contribution is 2.30. The maximum absolute atomic E-state index is 10.6. The predicted molar refractivity (Wildman–Crippen MR) is 64.7 cm³/mol. The number of nitro groups is 1. The van der Waals surface area contributed by atoms with Gasteiger partial charge in [0.1, 0.15) is 0 Å². The second-order valence-electron chi connectivity index (χ2n) is 4.18. The summed E-state index contributed by atoms with van der Waals surface area (Å²) in [6, 6.07) is 6.16. The number of non-ortho nitro benzene ring substituents is 1. The standard InChI is InChI=1S/C11H14BNO5/c1-2-10-7-11(18-12(14)17-10)8-3-5-9(6-4-8)13(15)16/h3-6,10-11,14H,2,7H2,1H3/t10-,11-/m1/s1. The first-order valence-electron chi connectivity index (χ1n) is 5.83. The molecule has 1 N–H and O–H groups in total. The van der Waals surface area contributed by atoms with Gasteiger partial charge in [0, 0.05) is 24.7 Å². The Morgan fingerprint density at radius 1 is 1.44 bits per heavy atom. The Morgan fingerprint density at radius 3 is 2.67 bits per heavy atom. The van der Waals surface area contributed by atoms with E-state index in [1.54, 1.807) is 12.1 Å². The van der Waals surface area contributed by atoms with Crippen molar-refractivity contribution in [2.24, 2.45) is 0 Å². The van der Waals surface area contributed by atoms with Crippen molar-refractivity contribution < 1.29 is 19.3 Å². The van der Waals surface area contributed by atoms with E-state index >= 15 is 0 Å². The van der Waals surface area contributed by atoms with Crippen LogP contribution in [0.25, 0.3) is 0 Å². The molecular formula is C11H14BNO5. The number of hydrogen-bond donors (Lipinski definition) is 1. The van der Waals surface area contributed by atoms with E-state index in [9.17, 15) is 15.1 Å². The third-order valence-electron chi connectivity index (χ3n) is 3.00. The van der Waals surface area contributed by atoms with Gasteiger partial charge in [0.2, 0.25) is 0 Å². The predicted octanol–water partition coefficient (Wildman–Crippen LogP) is 1.83. The minimum atomic E-state index is -1.23. The van der Waals surface area contributed by atoms with E-state index < -0.39 is 12.2 Å². The van der Waals surface area contributed by atoms with Crippen LogP contribution < -0.4 is 0 Å². The first kappa shape index (κ1) is 13.0. The summed E-state index contributed by atoms with van der Waals surface area (Å²) in [5.74, 6) is 0. The van der Waals surface area contributed by atoms with Crippen LogP contribution in [0.3, 0.4) is 0 Å². The van der Waals surface area contributed by atoms with Crippen molar-refractivity contribution in [3.05, 3.63) is 39.9 Å². The lowest BCUT2D eigenvalue weighted by Gasteiger charge is -2.31. The molecule has 1 aromatic rings. The number of nitro benzene ring substituents is 1. The molecule has 18 heavy (non-hydrogen) atoms. The highest BCUT2D eigenvalue weighted by Gasteiger charge is 2.33. The molecule has 2 rings (SSSR count). The average molecular weight is 251 g/mol. The van der Waals surface area contributed by atoms with Gasteiger partial charge in [-0.3, -0.25) is 10.1 Å². The second kappa shape index (κ2) is 5.47. The first-order valence-corrected chi connectivity index (χ1v) is 5.83. The van der Waals surface area contributed by atoms with Crippen molar-refractivity contribution in [3.8, 4) is 0 Å². The van der Waals surface area contributed by atoms with Gasteiger partial charge in [-0.2, -0.15) is 0 Å². The third kappa shape index (κ3) is 2.87. The lowest BCUT2D eigenvalue weighted by Crippen LogP contribution is -2.37. The molecule has 6 nitrogen and oxygen atoms in total. The maximum Gasteiger partial charge on any atom is 0.637 e. The fourth-order valence-corrected chi connectivity index (χ4v) is 1.98. The second-order valence-corrected chi connectivity index (χ2v) is 4.18. The molecule has 1 aliphatic rings. The molecule has 0 bridgehead atoms. The third-order valence-corrected chi connectivity index (χ3v) is 3.00. The van der Waals surface area contributed by atoms with Gasteiger partial charge in [-0.25, -0.2) is 0 Å². The van der Waals surface area contributed by atoms with Crippen molar-refractivity contribution in [1.82, 2.24) is 0 Å². The van der Waals surface area contributed by atoms with Crippen LogP contribution in [0.5, 0.6) is 0 Å². The molecule has 7 heteroatoms. The molecular weight excluding hydrogens is 237 g/mol. The number of hydrogen-bond acceptors (Lipinski definition) is 5. The van der Waals surface area contributed by atoms with Crippen molar-refractivity contribution in [2.45, 2.75) is 32.0 Å². The molecule has 0 aliphatic carbocycles. The van der Waals surface area contributed by atoms with Crippen LogP contribution in [-0.4, -0.2) is 23.4 Å². The monoisotopic (exact) mass is 251 g/mol. The summed E-state index contributed by atoms with van der Waals surface area (Å²) in [5.41, 5.74) is 0.847. The minimum absolute atomic E-state index is 0.0402. The lowest BCUT2D eigenvalue weighted by molar-refractivity contribution is -0.384. The Bertz CT molecular complexity index is 424. The Hall–Kier alpha value is -1.44. The zero-order valence-corrected chi connectivity index (χ0v) is 9.98. The molecule has 0 radical (unpaired) electrons.